The predicted octanol–water partition coefficient (Wildman–Crippen LogP) is 3.07. The zero-order valence-corrected chi connectivity index (χ0v) is 14.3. The second-order valence-corrected chi connectivity index (χ2v) is 6.51. The van der Waals surface area contributed by atoms with Crippen LogP contribution in [-0.2, 0) is 9.53 Å². The zero-order valence-electron chi connectivity index (χ0n) is 14.3. The van der Waals surface area contributed by atoms with E-state index in [9.17, 15) is 19.7 Å². The summed E-state index contributed by atoms with van der Waals surface area (Å²) in [6.45, 7) is 0. The minimum absolute atomic E-state index is 0.134. The van der Waals surface area contributed by atoms with Crippen molar-refractivity contribution < 1.29 is 13.9 Å². The molecular formula is C20H18FN3O2. The minimum Gasteiger partial charge on any atom is -0.468 e. The number of allylic oxidation sites excluding steroid dienone is 3. The van der Waals surface area contributed by atoms with Gasteiger partial charge in [0, 0.05) is 5.92 Å². The van der Waals surface area contributed by atoms with Gasteiger partial charge in [0.2, 0.25) is 5.41 Å². The first-order chi connectivity index (χ1) is 12.5. The molecule has 3 atom stereocenters. The summed E-state index contributed by atoms with van der Waals surface area (Å²) in [6.07, 6.45) is 4.13. The van der Waals surface area contributed by atoms with E-state index in [0.717, 1.165) is 20.0 Å². The molecule has 1 aromatic carbocycles. The molecule has 0 heterocycles. The lowest BCUT2D eigenvalue weighted by atomic mass is 9.56. The maximum atomic E-state index is 14.7. The summed E-state index contributed by atoms with van der Waals surface area (Å²) >= 11 is 0. The molecule has 132 valence electrons. The molecule has 0 fully saturated rings. The second kappa shape index (κ2) is 6.65. The van der Waals surface area contributed by atoms with Crippen molar-refractivity contribution in [2.24, 2.45) is 17.1 Å². The third-order valence-electron chi connectivity index (χ3n) is 5.37. The largest absolute Gasteiger partial charge is 0.468 e. The third kappa shape index (κ3) is 2.30. The maximum Gasteiger partial charge on any atom is 0.333 e. The molecule has 26 heavy (non-hydrogen) atoms. The Kier molecular flexibility index (Phi) is 4.52. The lowest BCUT2D eigenvalue weighted by Gasteiger charge is -2.44. The van der Waals surface area contributed by atoms with Crippen molar-refractivity contribution in [3.05, 3.63) is 58.6 Å². The average Bonchev–Trinajstić information content (AvgIpc) is 2.67. The summed E-state index contributed by atoms with van der Waals surface area (Å²) in [6, 6.07) is 10.1. The number of nitrogens with zero attached hydrogens (tertiary/aromatic N) is 2. The molecule has 3 rings (SSSR count). The van der Waals surface area contributed by atoms with E-state index in [1.165, 1.54) is 6.07 Å². The Morgan fingerprint density at radius 1 is 1.38 bits per heavy atom. The van der Waals surface area contributed by atoms with Crippen molar-refractivity contribution >= 4 is 5.97 Å². The fourth-order valence-corrected chi connectivity index (χ4v) is 4.23. The Bertz CT molecular complexity index is 906. The maximum absolute atomic E-state index is 14.7. The number of rotatable bonds is 2. The number of nitriles is 2. The number of benzene rings is 1. The molecule has 2 aliphatic carbocycles. The van der Waals surface area contributed by atoms with E-state index in [4.69, 9.17) is 10.5 Å². The van der Waals surface area contributed by atoms with E-state index in [1.807, 2.05) is 18.2 Å². The number of halogens is 1. The zero-order chi connectivity index (χ0) is 18.9. The van der Waals surface area contributed by atoms with E-state index >= 15 is 0 Å². The van der Waals surface area contributed by atoms with Crippen LogP contribution in [0.15, 0.2) is 47.2 Å². The number of carbonyl (C=O) groups excluding carboxylic acids is 1. The van der Waals surface area contributed by atoms with Crippen molar-refractivity contribution in [2.75, 3.05) is 7.11 Å². The van der Waals surface area contributed by atoms with Crippen LogP contribution < -0.4 is 5.73 Å². The molecule has 0 spiro atoms. The molecule has 0 aliphatic heterocycles. The first-order valence-corrected chi connectivity index (χ1v) is 8.37. The van der Waals surface area contributed by atoms with Crippen LogP contribution in [0.5, 0.6) is 0 Å². The number of nitrogens with two attached hydrogens (primary N) is 1. The van der Waals surface area contributed by atoms with Crippen LogP contribution in [0.3, 0.4) is 0 Å². The standard InChI is InChI=1S/C20H18FN3O2/c1-26-19(25)20(11-23)17(14-8-4-5-9-16(14)21)13-7-3-2-6-12(13)15(10-22)18(20)24/h4-6,8-9,13,17H,2-3,7,24H2,1H3/t13-,17+,20-/m0/s1. The van der Waals surface area contributed by atoms with Crippen LogP contribution in [0, 0.1) is 39.8 Å². The molecule has 0 unspecified atom stereocenters. The highest BCUT2D eigenvalue weighted by Crippen LogP contribution is 2.56. The van der Waals surface area contributed by atoms with Gasteiger partial charge < -0.3 is 10.5 Å². The Morgan fingerprint density at radius 2 is 2.12 bits per heavy atom. The Balaban J connectivity index is 2.40. The highest BCUT2D eigenvalue weighted by molar-refractivity contribution is 5.87. The minimum atomic E-state index is -1.94. The van der Waals surface area contributed by atoms with Gasteiger partial charge in [0.05, 0.1) is 24.4 Å². The van der Waals surface area contributed by atoms with Crippen molar-refractivity contribution in [1.82, 2.24) is 0 Å². The molecular weight excluding hydrogens is 333 g/mol. The van der Waals surface area contributed by atoms with Crippen molar-refractivity contribution in [3.63, 3.8) is 0 Å². The summed E-state index contributed by atoms with van der Waals surface area (Å²) < 4.78 is 19.6. The second-order valence-electron chi connectivity index (χ2n) is 6.51. The Labute approximate surface area is 151 Å². The molecule has 0 saturated carbocycles. The Hall–Kier alpha value is -3.12. The molecule has 5 nitrogen and oxygen atoms in total. The van der Waals surface area contributed by atoms with Crippen LogP contribution in [0.4, 0.5) is 4.39 Å². The molecule has 6 heteroatoms. The lowest BCUT2D eigenvalue weighted by molar-refractivity contribution is -0.149. The monoisotopic (exact) mass is 351 g/mol. The number of ether oxygens (including phenoxy) is 1. The van der Waals surface area contributed by atoms with E-state index in [0.29, 0.717) is 12.0 Å². The number of hydrogen-bond acceptors (Lipinski definition) is 5. The molecule has 1 aromatic rings. The van der Waals surface area contributed by atoms with Gasteiger partial charge >= 0.3 is 5.97 Å². The van der Waals surface area contributed by atoms with E-state index in [-0.39, 0.29) is 22.8 Å². The summed E-state index contributed by atoms with van der Waals surface area (Å²) in [7, 11) is 1.16. The summed E-state index contributed by atoms with van der Waals surface area (Å²) in [4.78, 5) is 12.8. The van der Waals surface area contributed by atoms with Gasteiger partial charge in [-0.2, -0.15) is 10.5 Å². The van der Waals surface area contributed by atoms with Crippen molar-refractivity contribution in [1.29, 1.82) is 10.5 Å². The van der Waals surface area contributed by atoms with Crippen LogP contribution in [0.25, 0.3) is 0 Å². The highest BCUT2D eigenvalue weighted by Gasteiger charge is 2.59. The molecule has 2 N–H and O–H groups in total. The van der Waals surface area contributed by atoms with Crippen LogP contribution in [0.2, 0.25) is 0 Å². The lowest BCUT2D eigenvalue weighted by Crippen LogP contribution is -2.49. The highest BCUT2D eigenvalue weighted by atomic mass is 19.1. The normalized spacial score (nSPS) is 27.6. The van der Waals surface area contributed by atoms with Gasteiger partial charge in [0.25, 0.3) is 0 Å². The van der Waals surface area contributed by atoms with Gasteiger partial charge in [0.1, 0.15) is 11.9 Å². The molecule has 0 amide bonds. The number of methoxy groups -OCH3 is 1. The van der Waals surface area contributed by atoms with Gasteiger partial charge in [-0.25, -0.2) is 9.18 Å². The number of esters is 1. The Morgan fingerprint density at radius 3 is 2.73 bits per heavy atom. The predicted molar refractivity (Wildman–Crippen MR) is 91.5 cm³/mol. The van der Waals surface area contributed by atoms with Crippen molar-refractivity contribution in [3.8, 4) is 12.1 Å². The SMILES string of the molecule is COC(=O)[C@]1(C#N)C(N)=C(C#N)C2=CCCC[C@@H]2[C@@H]1c1ccccc1F. The average molecular weight is 351 g/mol. The fraction of sp³-hybridized carbons (Fsp3) is 0.350. The van der Waals surface area contributed by atoms with Gasteiger partial charge in [-0.1, -0.05) is 24.3 Å². The number of carbonyl (C=O) groups is 1. The molecule has 0 bridgehead atoms. The van der Waals surface area contributed by atoms with E-state index in [2.05, 4.69) is 0 Å². The number of fused-ring (bicyclic) bond motifs is 1. The first kappa shape index (κ1) is 17.7. The molecule has 0 saturated heterocycles. The van der Waals surface area contributed by atoms with Gasteiger partial charge in [-0.3, -0.25) is 0 Å². The molecule has 2 aliphatic rings. The molecule has 0 radical (unpaired) electrons. The van der Waals surface area contributed by atoms with Crippen LogP contribution in [-0.4, -0.2) is 13.1 Å². The summed E-state index contributed by atoms with van der Waals surface area (Å²) in [5.74, 6) is -2.60. The van der Waals surface area contributed by atoms with Gasteiger partial charge in [-0.15, -0.1) is 0 Å². The molecule has 0 aromatic heterocycles. The van der Waals surface area contributed by atoms with E-state index in [1.54, 1.807) is 18.2 Å². The van der Waals surface area contributed by atoms with Gasteiger partial charge in [0.15, 0.2) is 0 Å². The summed E-state index contributed by atoms with van der Waals surface area (Å²) in [5.41, 5.74) is 5.17. The van der Waals surface area contributed by atoms with Crippen LogP contribution >= 0.6 is 0 Å². The van der Waals surface area contributed by atoms with Crippen LogP contribution in [0.1, 0.15) is 30.7 Å². The topological polar surface area (TPSA) is 99.9 Å². The third-order valence-corrected chi connectivity index (χ3v) is 5.37. The number of hydrogen-bond donors (Lipinski definition) is 1. The van der Waals surface area contributed by atoms with Crippen molar-refractivity contribution in [2.45, 2.75) is 25.2 Å². The van der Waals surface area contributed by atoms with E-state index < -0.39 is 23.1 Å². The van der Waals surface area contributed by atoms with Gasteiger partial charge in [-0.05, 0) is 42.4 Å². The fourth-order valence-electron chi connectivity index (χ4n) is 4.23. The smallest absolute Gasteiger partial charge is 0.333 e. The first-order valence-electron chi connectivity index (χ1n) is 8.37. The quantitative estimate of drug-likeness (QED) is 0.825. The summed E-state index contributed by atoms with van der Waals surface area (Å²) in [5, 5.41) is 19.7.